The van der Waals surface area contributed by atoms with E-state index in [1.807, 2.05) is 36.5 Å². The number of fused-ring (bicyclic) bond motifs is 5. The maximum atomic E-state index is 13.2. The number of amides is 2. The predicted octanol–water partition coefficient (Wildman–Crippen LogP) is 4.85. The largest absolute Gasteiger partial charge is 0.493 e. The normalized spacial score (nSPS) is 14.7. The Morgan fingerprint density at radius 3 is 2.88 bits per heavy atom. The molecule has 0 fully saturated rings. The average Bonchev–Trinajstić information content (AvgIpc) is 3.33. The first-order chi connectivity index (χ1) is 20.1. The molecule has 0 unspecified atom stereocenters. The van der Waals surface area contributed by atoms with Gasteiger partial charge in [0.25, 0.3) is 0 Å². The number of aryl methyl sites for hydroxylation is 1. The summed E-state index contributed by atoms with van der Waals surface area (Å²) in [6.45, 7) is 1.39. The van der Waals surface area contributed by atoms with Gasteiger partial charge in [0.1, 0.15) is 0 Å². The molecule has 2 N–H and O–H groups in total. The molecule has 1 aliphatic heterocycles. The molecule has 0 saturated carbocycles. The van der Waals surface area contributed by atoms with Gasteiger partial charge in [-0.1, -0.05) is 30.3 Å². The second-order valence-corrected chi connectivity index (χ2v) is 10.5. The van der Waals surface area contributed by atoms with Crippen LogP contribution < -0.4 is 14.8 Å². The predicted molar refractivity (Wildman–Crippen MR) is 159 cm³/mol. The van der Waals surface area contributed by atoms with Crippen LogP contribution in [0.5, 0.6) is 11.5 Å². The number of aromatic nitrogens is 2. The topological polar surface area (TPSA) is 96.6 Å². The average molecular weight is 555 g/mol. The van der Waals surface area contributed by atoms with Gasteiger partial charge in [-0.25, -0.2) is 0 Å². The molecule has 214 valence electrons. The van der Waals surface area contributed by atoms with E-state index in [0.717, 1.165) is 41.4 Å². The molecule has 0 spiro atoms. The van der Waals surface area contributed by atoms with E-state index < -0.39 is 0 Å². The molecule has 41 heavy (non-hydrogen) atoms. The summed E-state index contributed by atoms with van der Waals surface area (Å²) in [5.74, 6) is 1.20. The standard InChI is InChI=1S/C33H38N4O4/c1-40-30-14-13-25-20-29-27(26-10-3-4-11-28(26)36-29)15-17-35-32(38)23-37(18-7-19-41-31(30)21-25)33(39)12-5-2-8-24-9-6-16-34-22-24/h3-4,6,9-11,13-14,16,21-22,36H,2,5,7-8,12,15,17-20,23H2,1H3,(H,35,38). The number of para-hydroxylation sites is 1. The number of aromatic amines is 1. The zero-order chi connectivity index (χ0) is 28.4. The Labute approximate surface area is 241 Å². The first kappa shape index (κ1) is 28.2. The van der Waals surface area contributed by atoms with E-state index in [9.17, 15) is 9.59 Å². The summed E-state index contributed by atoms with van der Waals surface area (Å²) in [6, 6.07) is 18.3. The van der Waals surface area contributed by atoms with Gasteiger partial charge in [0.15, 0.2) is 11.5 Å². The van der Waals surface area contributed by atoms with Crippen molar-refractivity contribution in [2.24, 2.45) is 0 Å². The fraction of sp³-hybridized carbons (Fsp3) is 0.364. The fourth-order valence-electron chi connectivity index (χ4n) is 5.44. The van der Waals surface area contributed by atoms with Crippen LogP contribution in [-0.2, 0) is 28.9 Å². The third kappa shape index (κ3) is 7.45. The Hall–Kier alpha value is -4.33. The van der Waals surface area contributed by atoms with Gasteiger partial charge in [0.2, 0.25) is 11.8 Å². The summed E-state index contributed by atoms with van der Waals surface area (Å²) in [5.41, 5.74) is 5.65. The van der Waals surface area contributed by atoms with Crippen LogP contribution >= 0.6 is 0 Å². The van der Waals surface area contributed by atoms with Crippen molar-refractivity contribution in [1.82, 2.24) is 20.2 Å². The van der Waals surface area contributed by atoms with Crippen LogP contribution in [0.4, 0.5) is 0 Å². The van der Waals surface area contributed by atoms with Crippen LogP contribution in [0, 0.1) is 0 Å². The van der Waals surface area contributed by atoms with Crippen molar-refractivity contribution in [3.8, 4) is 11.5 Å². The van der Waals surface area contributed by atoms with Crippen molar-refractivity contribution in [2.75, 3.05) is 33.4 Å². The van der Waals surface area contributed by atoms with Gasteiger partial charge in [0, 0.05) is 54.9 Å². The highest BCUT2D eigenvalue weighted by atomic mass is 16.5. The van der Waals surface area contributed by atoms with Crippen molar-refractivity contribution < 1.29 is 19.1 Å². The highest BCUT2D eigenvalue weighted by molar-refractivity contribution is 5.86. The van der Waals surface area contributed by atoms with Crippen LogP contribution in [0.3, 0.4) is 0 Å². The molecule has 0 radical (unpaired) electrons. The number of nitrogens with one attached hydrogen (secondary N) is 2. The van der Waals surface area contributed by atoms with Crippen LogP contribution in [0.25, 0.3) is 10.9 Å². The number of unbranched alkanes of at least 4 members (excludes halogenated alkanes) is 1. The van der Waals surface area contributed by atoms with Gasteiger partial charge in [0.05, 0.1) is 20.3 Å². The molecule has 5 rings (SSSR count). The van der Waals surface area contributed by atoms with Crippen LogP contribution in [0.1, 0.15) is 48.1 Å². The number of rotatable bonds is 6. The van der Waals surface area contributed by atoms with E-state index in [1.54, 1.807) is 18.2 Å². The van der Waals surface area contributed by atoms with E-state index in [0.29, 0.717) is 56.9 Å². The minimum atomic E-state index is -0.144. The Kier molecular flexibility index (Phi) is 9.52. The van der Waals surface area contributed by atoms with Crippen molar-refractivity contribution in [3.05, 3.63) is 89.4 Å². The SMILES string of the molecule is COc1ccc2cc1OCCCN(C(=O)CCCCc1cccnc1)CC(=O)NCCc1c([nH]c3ccccc13)C2. The maximum Gasteiger partial charge on any atom is 0.239 e. The number of carbonyl (C=O) groups excluding carboxylic acids is 2. The lowest BCUT2D eigenvalue weighted by molar-refractivity contribution is -0.136. The van der Waals surface area contributed by atoms with Gasteiger partial charge in [-0.15, -0.1) is 0 Å². The minimum Gasteiger partial charge on any atom is -0.493 e. The number of hydrogen-bond donors (Lipinski definition) is 2. The minimum absolute atomic E-state index is 0.00838. The number of H-pyrrole nitrogens is 1. The lowest BCUT2D eigenvalue weighted by Crippen LogP contribution is -2.42. The third-order valence-corrected chi connectivity index (χ3v) is 7.55. The maximum absolute atomic E-state index is 13.2. The number of pyridine rings is 1. The molecule has 2 aromatic carbocycles. The molecular formula is C33H38N4O4. The van der Waals surface area contributed by atoms with E-state index in [-0.39, 0.29) is 18.4 Å². The molecule has 0 saturated heterocycles. The summed E-state index contributed by atoms with van der Waals surface area (Å²) < 4.78 is 11.7. The summed E-state index contributed by atoms with van der Waals surface area (Å²) >= 11 is 0. The van der Waals surface area contributed by atoms with E-state index in [1.165, 1.54) is 11.1 Å². The summed E-state index contributed by atoms with van der Waals surface area (Å²) in [4.78, 5) is 35.6. The highest BCUT2D eigenvalue weighted by Gasteiger charge is 2.19. The highest BCUT2D eigenvalue weighted by Crippen LogP contribution is 2.31. The number of nitrogens with zero attached hydrogens (tertiary/aromatic N) is 2. The Morgan fingerprint density at radius 1 is 1.12 bits per heavy atom. The van der Waals surface area contributed by atoms with Crippen molar-refractivity contribution in [3.63, 3.8) is 0 Å². The summed E-state index contributed by atoms with van der Waals surface area (Å²) in [5, 5.41) is 4.21. The molecule has 3 heterocycles. The van der Waals surface area contributed by atoms with Crippen LogP contribution in [0.15, 0.2) is 67.0 Å². The van der Waals surface area contributed by atoms with Gasteiger partial charge in [-0.2, -0.15) is 0 Å². The summed E-state index contributed by atoms with van der Waals surface area (Å²) in [7, 11) is 1.64. The van der Waals surface area contributed by atoms with Gasteiger partial charge < -0.3 is 24.7 Å². The zero-order valence-corrected chi connectivity index (χ0v) is 23.7. The summed E-state index contributed by atoms with van der Waals surface area (Å²) in [6.07, 6.45) is 8.57. The zero-order valence-electron chi connectivity index (χ0n) is 23.7. The van der Waals surface area contributed by atoms with Crippen molar-refractivity contribution in [1.29, 1.82) is 0 Å². The Bertz CT molecular complexity index is 1470. The third-order valence-electron chi connectivity index (χ3n) is 7.55. The van der Waals surface area contributed by atoms with Gasteiger partial charge in [-0.3, -0.25) is 14.6 Å². The second-order valence-electron chi connectivity index (χ2n) is 10.5. The van der Waals surface area contributed by atoms with Gasteiger partial charge >= 0.3 is 0 Å². The lowest BCUT2D eigenvalue weighted by atomic mass is 10.0. The molecule has 8 heteroatoms. The van der Waals surface area contributed by atoms with E-state index >= 15 is 0 Å². The van der Waals surface area contributed by atoms with Gasteiger partial charge in [-0.05, 0) is 73.1 Å². The first-order valence-corrected chi connectivity index (χ1v) is 14.4. The quantitative estimate of drug-likeness (QED) is 0.333. The molecule has 0 atom stereocenters. The molecule has 2 amide bonds. The first-order valence-electron chi connectivity index (χ1n) is 14.4. The Morgan fingerprint density at radius 2 is 2.02 bits per heavy atom. The molecule has 2 bridgehead atoms. The fourth-order valence-corrected chi connectivity index (χ4v) is 5.44. The molecule has 2 aromatic heterocycles. The molecular weight excluding hydrogens is 516 g/mol. The monoisotopic (exact) mass is 554 g/mol. The van der Waals surface area contributed by atoms with Crippen LogP contribution in [-0.4, -0.2) is 60.0 Å². The molecule has 8 nitrogen and oxygen atoms in total. The number of benzene rings is 2. The number of ether oxygens (including phenoxy) is 2. The Balaban J connectivity index is 1.30. The van der Waals surface area contributed by atoms with E-state index in [2.05, 4.69) is 39.6 Å². The van der Waals surface area contributed by atoms with Crippen molar-refractivity contribution in [2.45, 2.75) is 44.9 Å². The molecule has 1 aliphatic rings. The second kappa shape index (κ2) is 13.8. The number of hydrogen-bond acceptors (Lipinski definition) is 5. The van der Waals surface area contributed by atoms with Crippen LogP contribution in [0.2, 0.25) is 0 Å². The van der Waals surface area contributed by atoms with Crippen molar-refractivity contribution >= 4 is 22.7 Å². The lowest BCUT2D eigenvalue weighted by Gasteiger charge is -2.23. The number of carbonyl (C=O) groups is 2. The smallest absolute Gasteiger partial charge is 0.239 e. The van der Waals surface area contributed by atoms with E-state index in [4.69, 9.17) is 9.47 Å². The number of methoxy groups -OCH3 is 1. The molecule has 0 aliphatic carbocycles. The molecule has 4 aromatic rings.